The van der Waals surface area contributed by atoms with Crippen molar-refractivity contribution >= 4 is 11.6 Å². The Morgan fingerprint density at radius 2 is 1.88 bits per heavy atom. The van der Waals surface area contributed by atoms with Crippen LogP contribution in [0.5, 0.6) is 0 Å². The molecule has 0 aliphatic heterocycles. The van der Waals surface area contributed by atoms with E-state index >= 15 is 0 Å². The standard InChI is InChI=1S/C21H18N4O/c22-14-13-15-9-11-16(12-10-15)23-21(26)20-18-7-4-8-19(18)25(24-20)17-5-2-1-3-6-17/h1-3,5-6,9-12H,4,7-8,13H2,(H,23,26). The van der Waals surface area contributed by atoms with E-state index in [2.05, 4.69) is 16.5 Å². The Labute approximate surface area is 151 Å². The monoisotopic (exact) mass is 342 g/mol. The second-order valence-electron chi connectivity index (χ2n) is 6.36. The Bertz CT molecular complexity index is 981. The predicted molar refractivity (Wildman–Crippen MR) is 99.3 cm³/mol. The van der Waals surface area contributed by atoms with Gasteiger partial charge in [0.25, 0.3) is 5.91 Å². The summed E-state index contributed by atoms with van der Waals surface area (Å²) in [4.78, 5) is 12.8. The SMILES string of the molecule is N#CCc1ccc(NC(=O)c2nn(-c3ccccc3)c3c2CCC3)cc1. The Morgan fingerprint density at radius 1 is 1.12 bits per heavy atom. The van der Waals surface area contributed by atoms with E-state index in [1.165, 1.54) is 0 Å². The van der Waals surface area contributed by atoms with Crippen LogP contribution in [0.15, 0.2) is 54.6 Å². The molecule has 3 aromatic rings. The molecule has 1 heterocycles. The number of para-hydroxylation sites is 1. The summed E-state index contributed by atoms with van der Waals surface area (Å²) < 4.78 is 1.90. The third-order valence-electron chi connectivity index (χ3n) is 4.64. The Hall–Kier alpha value is -3.39. The first kappa shape index (κ1) is 16.1. The summed E-state index contributed by atoms with van der Waals surface area (Å²) in [5.41, 5.74) is 5.30. The van der Waals surface area contributed by atoms with Crippen LogP contribution >= 0.6 is 0 Å². The maximum absolute atomic E-state index is 12.8. The fourth-order valence-electron chi connectivity index (χ4n) is 3.39. The lowest BCUT2D eigenvalue weighted by Crippen LogP contribution is -2.15. The third-order valence-corrected chi connectivity index (χ3v) is 4.64. The normalized spacial score (nSPS) is 12.4. The summed E-state index contributed by atoms with van der Waals surface area (Å²) in [6.07, 6.45) is 3.23. The fraction of sp³-hybridized carbons (Fsp3) is 0.190. The van der Waals surface area contributed by atoms with Crippen molar-refractivity contribution in [1.82, 2.24) is 9.78 Å². The largest absolute Gasteiger partial charge is 0.321 e. The summed E-state index contributed by atoms with van der Waals surface area (Å²) in [7, 11) is 0. The van der Waals surface area contributed by atoms with Gasteiger partial charge in [0.2, 0.25) is 0 Å². The summed E-state index contributed by atoms with van der Waals surface area (Å²) in [6, 6.07) is 19.4. The minimum absolute atomic E-state index is 0.189. The van der Waals surface area contributed by atoms with Gasteiger partial charge >= 0.3 is 0 Å². The third kappa shape index (κ3) is 2.98. The molecule has 0 atom stereocenters. The zero-order valence-corrected chi connectivity index (χ0v) is 14.3. The summed E-state index contributed by atoms with van der Waals surface area (Å²) in [5, 5.41) is 16.3. The number of anilines is 1. The molecule has 0 saturated carbocycles. The van der Waals surface area contributed by atoms with Crippen LogP contribution in [-0.4, -0.2) is 15.7 Å². The number of aromatic nitrogens is 2. The average Bonchev–Trinajstić information content (AvgIpc) is 3.27. The first-order valence-corrected chi connectivity index (χ1v) is 8.69. The van der Waals surface area contributed by atoms with Crippen LogP contribution in [0.2, 0.25) is 0 Å². The van der Waals surface area contributed by atoms with E-state index in [-0.39, 0.29) is 5.91 Å². The molecule has 5 heteroatoms. The number of amides is 1. The zero-order chi connectivity index (χ0) is 17.9. The minimum Gasteiger partial charge on any atom is -0.321 e. The van der Waals surface area contributed by atoms with Crippen molar-refractivity contribution < 1.29 is 4.79 Å². The Morgan fingerprint density at radius 3 is 2.62 bits per heavy atom. The number of nitrogens with zero attached hydrogens (tertiary/aromatic N) is 3. The van der Waals surface area contributed by atoms with Gasteiger partial charge in [0.15, 0.2) is 5.69 Å². The highest BCUT2D eigenvalue weighted by Crippen LogP contribution is 2.28. The number of nitrogens with one attached hydrogen (secondary N) is 1. The van der Waals surface area contributed by atoms with Crippen molar-refractivity contribution in [3.63, 3.8) is 0 Å². The lowest BCUT2D eigenvalue weighted by Gasteiger charge is -2.06. The molecule has 4 rings (SSSR count). The van der Waals surface area contributed by atoms with Crippen molar-refractivity contribution in [3.8, 4) is 11.8 Å². The molecule has 5 nitrogen and oxygen atoms in total. The van der Waals surface area contributed by atoms with Crippen LogP contribution in [0.3, 0.4) is 0 Å². The van der Waals surface area contributed by atoms with Gasteiger partial charge in [-0.2, -0.15) is 10.4 Å². The maximum Gasteiger partial charge on any atom is 0.276 e. The fourth-order valence-corrected chi connectivity index (χ4v) is 3.39. The molecule has 26 heavy (non-hydrogen) atoms. The maximum atomic E-state index is 12.8. The molecular formula is C21H18N4O. The molecule has 0 spiro atoms. The van der Waals surface area contributed by atoms with Crippen molar-refractivity contribution in [3.05, 3.63) is 77.1 Å². The van der Waals surface area contributed by atoms with E-state index in [1.54, 1.807) is 0 Å². The molecular weight excluding hydrogens is 324 g/mol. The number of carbonyl (C=O) groups excluding carboxylic acids is 1. The second-order valence-corrected chi connectivity index (χ2v) is 6.36. The number of hydrogen-bond donors (Lipinski definition) is 1. The van der Waals surface area contributed by atoms with Gasteiger partial charge in [-0.3, -0.25) is 4.79 Å². The number of rotatable bonds is 4. The van der Waals surface area contributed by atoms with E-state index < -0.39 is 0 Å². The molecule has 1 amide bonds. The molecule has 2 aromatic carbocycles. The molecule has 0 radical (unpaired) electrons. The number of nitriles is 1. The van der Waals surface area contributed by atoms with Crippen molar-refractivity contribution in [1.29, 1.82) is 5.26 Å². The minimum atomic E-state index is -0.189. The summed E-state index contributed by atoms with van der Waals surface area (Å²) in [6.45, 7) is 0. The van der Waals surface area contributed by atoms with Gasteiger partial charge in [-0.05, 0) is 49.1 Å². The van der Waals surface area contributed by atoms with Gasteiger partial charge in [0.05, 0.1) is 18.2 Å². The van der Waals surface area contributed by atoms with Crippen LogP contribution < -0.4 is 5.32 Å². The molecule has 0 saturated heterocycles. The lowest BCUT2D eigenvalue weighted by molar-refractivity contribution is 0.102. The van der Waals surface area contributed by atoms with E-state index in [0.717, 1.165) is 41.8 Å². The molecule has 0 bridgehead atoms. The molecule has 128 valence electrons. The molecule has 1 aromatic heterocycles. The smallest absolute Gasteiger partial charge is 0.276 e. The van der Waals surface area contributed by atoms with Gasteiger partial charge in [-0.15, -0.1) is 0 Å². The first-order valence-electron chi connectivity index (χ1n) is 8.69. The highest BCUT2D eigenvalue weighted by Gasteiger charge is 2.26. The molecule has 1 N–H and O–H groups in total. The second kappa shape index (κ2) is 6.85. The van der Waals surface area contributed by atoms with Gasteiger partial charge in [0, 0.05) is 16.9 Å². The predicted octanol–water partition coefficient (Wildman–Crippen LogP) is 3.68. The molecule has 0 unspecified atom stereocenters. The van der Waals surface area contributed by atoms with Gasteiger partial charge in [-0.1, -0.05) is 30.3 Å². The van der Waals surface area contributed by atoms with Gasteiger partial charge in [-0.25, -0.2) is 4.68 Å². The number of benzene rings is 2. The van der Waals surface area contributed by atoms with Crippen molar-refractivity contribution in [2.45, 2.75) is 25.7 Å². The van der Waals surface area contributed by atoms with Crippen molar-refractivity contribution in [2.75, 3.05) is 5.32 Å². The highest BCUT2D eigenvalue weighted by atomic mass is 16.2. The summed E-state index contributed by atoms with van der Waals surface area (Å²) >= 11 is 0. The molecule has 1 aliphatic carbocycles. The average molecular weight is 342 g/mol. The Kier molecular flexibility index (Phi) is 4.24. The molecule has 1 aliphatic rings. The number of carbonyl (C=O) groups is 1. The summed E-state index contributed by atoms with van der Waals surface area (Å²) in [5.74, 6) is -0.189. The highest BCUT2D eigenvalue weighted by molar-refractivity contribution is 6.04. The topological polar surface area (TPSA) is 70.7 Å². The van der Waals surface area contributed by atoms with E-state index in [1.807, 2.05) is 59.3 Å². The zero-order valence-electron chi connectivity index (χ0n) is 14.3. The number of fused-ring (bicyclic) bond motifs is 1. The van der Waals surface area contributed by atoms with E-state index in [9.17, 15) is 4.79 Å². The van der Waals surface area contributed by atoms with Gasteiger partial charge in [0.1, 0.15) is 0 Å². The molecule has 0 fully saturated rings. The van der Waals surface area contributed by atoms with Crippen LogP contribution in [0.25, 0.3) is 5.69 Å². The first-order chi connectivity index (χ1) is 12.8. The van der Waals surface area contributed by atoms with Crippen LogP contribution in [0, 0.1) is 11.3 Å². The lowest BCUT2D eigenvalue weighted by atomic mass is 10.1. The quantitative estimate of drug-likeness (QED) is 0.786. The van der Waals surface area contributed by atoms with E-state index in [0.29, 0.717) is 17.8 Å². The van der Waals surface area contributed by atoms with E-state index in [4.69, 9.17) is 5.26 Å². The van der Waals surface area contributed by atoms with Gasteiger partial charge < -0.3 is 5.32 Å². The Balaban J connectivity index is 1.62. The number of hydrogen-bond acceptors (Lipinski definition) is 3. The van der Waals surface area contributed by atoms with Crippen LogP contribution in [-0.2, 0) is 19.3 Å². The van der Waals surface area contributed by atoms with Crippen LogP contribution in [0.1, 0.15) is 33.7 Å². The van der Waals surface area contributed by atoms with Crippen LogP contribution in [0.4, 0.5) is 5.69 Å². The van der Waals surface area contributed by atoms with Crippen molar-refractivity contribution in [2.24, 2.45) is 0 Å².